The predicted octanol–water partition coefficient (Wildman–Crippen LogP) is 2.77. The number of carbonyl (C=O) groups is 1. The van der Waals surface area contributed by atoms with E-state index in [1.54, 1.807) is 30.5 Å². The average Bonchev–Trinajstić information content (AvgIpc) is 3.09. The molecule has 1 aliphatic rings. The Kier molecular flexibility index (Phi) is 6.94. The third kappa shape index (κ3) is 4.51. The van der Waals surface area contributed by atoms with Gasteiger partial charge in [0.2, 0.25) is 5.91 Å². The maximum atomic E-state index is 13.0. The molecule has 1 heterocycles. The van der Waals surface area contributed by atoms with Crippen molar-refractivity contribution >= 4 is 24.0 Å². The summed E-state index contributed by atoms with van der Waals surface area (Å²) in [6.07, 6.45) is 4.41. The lowest BCUT2D eigenvalue weighted by Gasteiger charge is -2.17. The van der Waals surface area contributed by atoms with Gasteiger partial charge in [0.1, 0.15) is 11.5 Å². The third-order valence-corrected chi connectivity index (χ3v) is 4.84. The highest BCUT2D eigenvalue weighted by atomic mass is 35.5. The van der Waals surface area contributed by atoms with Gasteiger partial charge in [-0.1, -0.05) is 18.6 Å². The van der Waals surface area contributed by atoms with Gasteiger partial charge in [0.15, 0.2) is 0 Å². The van der Waals surface area contributed by atoms with Crippen molar-refractivity contribution in [2.75, 3.05) is 11.9 Å². The normalized spacial score (nSPS) is 19.0. The van der Waals surface area contributed by atoms with Crippen molar-refractivity contribution in [2.24, 2.45) is 17.6 Å². The molecule has 3 rings (SSSR count). The number of hydrogen-bond acceptors (Lipinski definition) is 3. The molecule has 0 radical (unpaired) electrons. The number of halogens is 2. The number of amides is 1. The summed E-state index contributed by atoms with van der Waals surface area (Å²) in [6, 6.07) is 9.32. The van der Waals surface area contributed by atoms with Crippen LogP contribution in [0.1, 0.15) is 24.8 Å². The van der Waals surface area contributed by atoms with E-state index in [2.05, 4.69) is 5.32 Å². The first kappa shape index (κ1) is 20.1. The first-order chi connectivity index (χ1) is 12.1. The van der Waals surface area contributed by atoms with Crippen molar-refractivity contribution in [3.8, 4) is 0 Å². The van der Waals surface area contributed by atoms with E-state index >= 15 is 0 Å². The van der Waals surface area contributed by atoms with Crippen molar-refractivity contribution in [2.45, 2.75) is 25.8 Å². The van der Waals surface area contributed by atoms with Crippen LogP contribution in [0.25, 0.3) is 0 Å². The summed E-state index contributed by atoms with van der Waals surface area (Å²) in [5.74, 6) is -0.395. The fraction of sp³-hybridized carbons (Fsp3) is 0.368. The molecular formula is C19H23ClFN3O2. The number of nitrogens with zero attached hydrogens (tertiary/aromatic N) is 1. The van der Waals surface area contributed by atoms with E-state index in [1.807, 2.05) is 0 Å². The molecule has 1 aromatic carbocycles. The zero-order valence-corrected chi connectivity index (χ0v) is 15.2. The molecule has 1 saturated carbocycles. The van der Waals surface area contributed by atoms with Crippen molar-refractivity contribution in [3.05, 3.63) is 64.3 Å². The standard InChI is InChI=1S/C19H22FN3O2.ClH/c20-15-8-6-13(7-9-15)12-23-10-2-5-17(19(23)25)22-18(24)16-4-1-3-14(16)11-21;/h2,5-10,14,16H,1,3-4,11-12,21H2,(H,22,24);1H/t14-,16-;/m1./s1. The van der Waals surface area contributed by atoms with E-state index in [0.29, 0.717) is 13.1 Å². The molecule has 140 valence electrons. The number of pyridine rings is 1. The number of nitrogens with two attached hydrogens (primary N) is 1. The number of aromatic nitrogens is 1. The minimum absolute atomic E-state index is 0. The Morgan fingerprint density at radius 2 is 1.96 bits per heavy atom. The van der Waals surface area contributed by atoms with Crippen LogP contribution < -0.4 is 16.6 Å². The topological polar surface area (TPSA) is 77.1 Å². The van der Waals surface area contributed by atoms with Crippen LogP contribution in [0.3, 0.4) is 0 Å². The summed E-state index contributed by atoms with van der Waals surface area (Å²) >= 11 is 0. The van der Waals surface area contributed by atoms with Gasteiger partial charge in [0.05, 0.1) is 6.54 Å². The largest absolute Gasteiger partial charge is 0.330 e. The molecule has 5 nitrogen and oxygen atoms in total. The first-order valence-corrected chi connectivity index (χ1v) is 8.53. The number of carbonyl (C=O) groups excluding carboxylic acids is 1. The highest BCUT2D eigenvalue weighted by Gasteiger charge is 2.32. The van der Waals surface area contributed by atoms with Crippen molar-refractivity contribution in [3.63, 3.8) is 0 Å². The lowest BCUT2D eigenvalue weighted by molar-refractivity contribution is -0.120. The van der Waals surface area contributed by atoms with Crippen LogP contribution in [0.4, 0.5) is 10.1 Å². The van der Waals surface area contributed by atoms with Gasteiger partial charge in [-0.3, -0.25) is 9.59 Å². The first-order valence-electron chi connectivity index (χ1n) is 8.53. The lowest BCUT2D eigenvalue weighted by atomic mass is 9.95. The van der Waals surface area contributed by atoms with E-state index in [0.717, 1.165) is 24.8 Å². The molecule has 0 aliphatic heterocycles. The van der Waals surface area contributed by atoms with Gasteiger partial charge >= 0.3 is 0 Å². The molecule has 1 aromatic heterocycles. The maximum Gasteiger partial charge on any atom is 0.274 e. The summed E-state index contributed by atoms with van der Waals surface area (Å²) in [4.78, 5) is 25.1. The van der Waals surface area contributed by atoms with Crippen LogP contribution >= 0.6 is 12.4 Å². The minimum Gasteiger partial charge on any atom is -0.330 e. The van der Waals surface area contributed by atoms with Gasteiger partial charge in [-0.25, -0.2) is 4.39 Å². The summed E-state index contributed by atoms with van der Waals surface area (Å²) in [6.45, 7) is 0.805. The molecule has 0 bridgehead atoms. The van der Waals surface area contributed by atoms with Crippen molar-refractivity contribution < 1.29 is 9.18 Å². The lowest BCUT2D eigenvalue weighted by Crippen LogP contribution is -2.32. The van der Waals surface area contributed by atoms with E-state index in [-0.39, 0.29) is 47.2 Å². The molecule has 0 saturated heterocycles. The monoisotopic (exact) mass is 379 g/mol. The fourth-order valence-electron chi connectivity index (χ4n) is 3.43. The Balaban J connectivity index is 0.00000243. The van der Waals surface area contributed by atoms with Crippen LogP contribution in [0.5, 0.6) is 0 Å². The maximum absolute atomic E-state index is 13.0. The van der Waals surface area contributed by atoms with Gasteiger partial charge in [-0.2, -0.15) is 0 Å². The van der Waals surface area contributed by atoms with Crippen LogP contribution in [-0.4, -0.2) is 17.0 Å². The van der Waals surface area contributed by atoms with Crippen LogP contribution in [0.2, 0.25) is 0 Å². The number of benzene rings is 1. The molecule has 2 atom stereocenters. The SMILES string of the molecule is Cl.NC[C@H]1CCC[C@H]1C(=O)Nc1cccn(Cc2ccc(F)cc2)c1=O. The van der Waals surface area contributed by atoms with E-state index in [1.165, 1.54) is 16.7 Å². The smallest absolute Gasteiger partial charge is 0.274 e. The second kappa shape index (κ2) is 8.96. The Hall–Kier alpha value is -2.18. The summed E-state index contributed by atoms with van der Waals surface area (Å²) in [5, 5.41) is 2.76. The highest BCUT2D eigenvalue weighted by molar-refractivity contribution is 5.92. The summed E-state index contributed by atoms with van der Waals surface area (Å²) in [7, 11) is 0. The molecular weight excluding hydrogens is 357 g/mol. The van der Waals surface area contributed by atoms with Gasteiger partial charge in [-0.15, -0.1) is 12.4 Å². The van der Waals surface area contributed by atoms with E-state index < -0.39 is 0 Å². The number of nitrogens with one attached hydrogen (secondary N) is 1. The molecule has 1 aliphatic carbocycles. The van der Waals surface area contributed by atoms with Gasteiger partial charge in [0, 0.05) is 12.1 Å². The minimum atomic E-state index is -0.317. The second-order valence-electron chi connectivity index (χ2n) is 6.50. The van der Waals surface area contributed by atoms with Gasteiger partial charge in [-0.05, 0) is 55.1 Å². The van der Waals surface area contributed by atoms with E-state index in [4.69, 9.17) is 5.73 Å². The van der Waals surface area contributed by atoms with Crippen LogP contribution in [-0.2, 0) is 11.3 Å². The van der Waals surface area contributed by atoms with E-state index in [9.17, 15) is 14.0 Å². The Bertz CT molecular complexity index is 807. The zero-order chi connectivity index (χ0) is 17.8. The van der Waals surface area contributed by atoms with Gasteiger partial charge < -0.3 is 15.6 Å². The summed E-state index contributed by atoms with van der Waals surface area (Å²) < 4.78 is 14.5. The summed E-state index contributed by atoms with van der Waals surface area (Å²) in [5.41, 5.74) is 6.53. The molecule has 26 heavy (non-hydrogen) atoms. The third-order valence-electron chi connectivity index (χ3n) is 4.84. The van der Waals surface area contributed by atoms with Crippen molar-refractivity contribution in [1.82, 2.24) is 4.57 Å². The molecule has 1 fully saturated rings. The van der Waals surface area contributed by atoms with Gasteiger partial charge in [0.25, 0.3) is 5.56 Å². The molecule has 7 heteroatoms. The number of hydrogen-bond donors (Lipinski definition) is 2. The Labute approximate surface area is 157 Å². The average molecular weight is 380 g/mol. The molecule has 0 unspecified atom stereocenters. The number of anilines is 1. The fourth-order valence-corrected chi connectivity index (χ4v) is 3.43. The second-order valence-corrected chi connectivity index (χ2v) is 6.50. The highest BCUT2D eigenvalue weighted by Crippen LogP contribution is 2.31. The van der Waals surface area contributed by atoms with Crippen LogP contribution in [0.15, 0.2) is 47.4 Å². The zero-order valence-electron chi connectivity index (χ0n) is 14.4. The molecule has 0 spiro atoms. The Morgan fingerprint density at radius 3 is 2.65 bits per heavy atom. The Morgan fingerprint density at radius 1 is 1.23 bits per heavy atom. The number of rotatable bonds is 5. The molecule has 2 aromatic rings. The predicted molar refractivity (Wildman–Crippen MR) is 102 cm³/mol. The molecule has 1 amide bonds. The quantitative estimate of drug-likeness (QED) is 0.838. The van der Waals surface area contributed by atoms with Crippen LogP contribution in [0, 0.1) is 17.7 Å². The van der Waals surface area contributed by atoms with Crippen molar-refractivity contribution in [1.29, 1.82) is 0 Å². The molecule has 3 N–H and O–H groups in total.